The SMILES string of the molecule is CCNc1nc(C)c(C(=O)NCc2noc(-c3ccco3)n2)s1. The normalized spacial score (nSPS) is 10.7. The van der Waals surface area contributed by atoms with E-state index < -0.39 is 0 Å². The van der Waals surface area contributed by atoms with E-state index in [0.717, 1.165) is 11.7 Å². The Labute approximate surface area is 135 Å². The number of hydrogen-bond donors (Lipinski definition) is 2. The number of anilines is 1. The highest BCUT2D eigenvalue weighted by Gasteiger charge is 2.16. The van der Waals surface area contributed by atoms with Gasteiger partial charge in [0.05, 0.1) is 18.5 Å². The van der Waals surface area contributed by atoms with Gasteiger partial charge in [0.15, 0.2) is 16.7 Å². The molecule has 0 fully saturated rings. The van der Waals surface area contributed by atoms with Gasteiger partial charge in [0.2, 0.25) is 0 Å². The number of hydrogen-bond acceptors (Lipinski definition) is 8. The quantitative estimate of drug-likeness (QED) is 0.713. The molecular formula is C14H15N5O3S. The smallest absolute Gasteiger partial charge is 0.293 e. The first-order chi connectivity index (χ1) is 11.2. The first-order valence-electron chi connectivity index (χ1n) is 7.03. The fraction of sp³-hybridized carbons (Fsp3) is 0.286. The van der Waals surface area contributed by atoms with Crippen molar-refractivity contribution in [2.45, 2.75) is 20.4 Å². The summed E-state index contributed by atoms with van der Waals surface area (Å²) in [5.41, 5.74) is 0.688. The second-order valence-corrected chi connectivity index (χ2v) is 5.64. The molecule has 3 heterocycles. The van der Waals surface area contributed by atoms with Gasteiger partial charge in [0.25, 0.3) is 11.8 Å². The molecule has 3 aromatic heterocycles. The number of aromatic nitrogens is 3. The van der Waals surface area contributed by atoms with Gasteiger partial charge in [-0.05, 0) is 26.0 Å². The highest BCUT2D eigenvalue weighted by atomic mass is 32.1. The first kappa shape index (κ1) is 15.2. The second kappa shape index (κ2) is 6.61. The van der Waals surface area contributed by atoms with E-state index in [2.05, 4.69) is 25.8 Å². The maximum absolute atomic E-state index is 12.2. The topological polar surface area (TPSA) is 106 Å². The van der Waals surface area contributed by atoms with Crippen molar-refractivity contribution in [2.24, 2.45) is 0 Å². The predicted molar refractivity (Wildman–Crippen MR) is 84.2 cm³/mol. The maximum atomic E-state index is 12.2. The molecule has 3 aromatic rings. The van der Waals surface area contributed by atoms with E-state index in [1.807, 2.05) is 6.92 Å². The van der Waals surface area contributed by atoms with Crippen molar-refractivity contribution in [3.8, 4) is 11.7 Å². The van der Waals surface area contributed by atoms with Crippen LogP contribution in [0.15, 0.2) is 27.3 Å². The lowest BCUT2D eigenvalue weighted by Gasteiger charge is -1.99. The molecule has 0 unspecified atom stereocenters. The van der Waals surface area contributed by atoms with Gasteiger partial charge in [0, 0.05) is 6.54 Å². The number of aryl methyl sites for hydroxylation is 1. The molecule has 0 saturated carbocycles. The molecule has 9 heteroatoms. The van der Waals surface area contributed by atoms with Crippen molar-refractivity contribution in [1.29, 1.82) is 0 Å². The van der Waals surface area contributed by atoms with Crippen LogP contribution < -0.4 is 10.6 Å². The van der Waals surface area contributed by atoms with Gasteiger partial charge in [0.1, 0.15) is 4.88 Å². The molecule has 0 aliphatic carbocycles. The van der Waals surface area contributed by atoms with E-state index in [-0.39, 0.29) is 18.3 Å². The van der Waals surface area contributed by atoms with Crippen LogP contribution in [0, 0.1) is 6.92 Å². The molecule has 8 nitrogen and oxygen atoms in total. The predicted octanol–water partition coefficient (Wildman–Crippen LogP) is 2.46. The van der Waals surface area contributed by atoms with Gasteiger partial charge in [-0.1, -0.05) is 16.5 Å². The Hall–Kier alpha value is -2.68. The first-order valence-corrected chi connectivity index (χ1v) is 7.85. The van der Waals surface area contributed by atoms with Crippen molar-refractivity contribution < 1.29 is 13.7 Å². The summed E-state index contributed by atoms with van der Waals surface area (Å²) >= 11 is 1.32. The Bertz CT molecular complexity index is 793. The fourth-order valence-electron chi connectivity index (χ4n) is 1.90. The largest absolute Gasteiger partial charge is 0.459 e. The van der Waals surface area contributed by atoms with E-state index in [9.17, 15) is 4.79 Å². The zero-order chi connectivity index (χ0) is 16.2. The molecule has 0 saturated heterocycles. The van der Waals surface area contributed by atoms with Crippen LogP contribution in [0.3, 0.4) is 0 Å². The lowest BCUT2D eigenvalue weighted by Crippen LogP contribution is -2.23. The minimum Gasteiger partial charge on any atom is -0.459 e. The molecule has 0 aliphatic rings. The summed E-state index contributed by atoms with van der Waals surface area (Å²) in [5, 5.41) is 10.4. The molecule has 2 N–H and O–H groups in total. The van der Waals surface area contributed by atoms with Gasteiger partial charge in [-0.2, -0.15) is 4.98 Å². The molecule has 120 valence electrons. The van der Waals surface area contributed by atoms with Crippen LogP contribution in [-0.2, 0) is 6.54 Å². The van der Waals surface area contributed by atoms with Crippen molar-refractivity contribution >= 4 is 22.4 Å². The standard InChI is InChI=1S/C14H15N5O3S/c1-3-15-14-17-8(2)11(23-14)12(20)16-7-10-18-13(22-19-10)9-5-4-6-21-9/h4-6H,3,7H2,1-2H3,(H,15,17)(H,16,20). The minimum atomic E-state index is -0.214. The van der Waals surface area contributed by atoms with Crippen LogP contribution in [-0.4, -0.2) is 27.6 Å². The lowest BCUT2D eigenvalue weighted by molar-refractivity contribution is 0.0953. The number of nitrogens with one attached hydrogen (secondary N) is 2. The Morgan fingerprint density at radius 1 is 1.39 bits per heavy atom. The molecule has 0 radical (unpaired) electrons. The summed E-state index contributed by atoms with van der Waals surface area (Å²) in [6.45, 7) is 4.70. The van der Waals surface area contributed by atoms with Gasteiger partial charge < -0.3 is 19.6 Å². The number of nitrogens with zero attached hydrogens (tertiary/aromatic N) is 3. The van der Waals surface area contributed by atoms with Crippen molar-refractivity contribution in [3.05, 3.63) is 34.8 Å². The Kier molecular flexibility index (Phi) is 4.38. The van der Waals surface area contributed by atoms with Crippen LogP contribution in [0.4, 0.5) is 5.13 Å². The molecular weight excluding hydrogens is 318 g/mol. The molecule has 1 amide bonds. The molecule has 0 bridgehead atoms. The van der Waals surface area contributed by atoms with Crippen molar-refractivity contribution in [2.75, 3.05) is 11.9 Å². The van der Waals surface area contributed by atoms with Crippen molar-refractivity contribution in [3.63, 3.8) is 0 Å². The molecule has 23 heavy (non-hydrogen) atoms. The number of carbonyl (C=O) groups excluding carboxylic acids is 1. The van der Waals surface area contributed by atoms with E-state index in [4.69, 9.17) is 8.94 Å². The van der Waals surface area contributed by atoms with E-state index in [0.29, 0.717) is 22.2 Å². The average Bonchev–Trinajstić information content (AvgIpc) is 3.25. The summed E-state index contributed by atoms with van der Waals surface area (Å²) in [5.74, 6) is 0.929. The molecule has 0 atom stereocenters. The van der Waals surface area contributed by atoms with E-state index >= 15 is 0 Å². The van der Waals surface area contributed by atoms with Crippen LogP contribution in [0.1, 0.15) is 28.1 Å². The van der Waals surface area contributed by atoms with Gasteiger partial charge in [-0.25, -0.2) is 4.98 Å². The van der Waals surface area contributed by atoms with Crippen LogP contribution in [0.25, 0.3) is 11.7 Å². The van der Waals surface area contributed by atoms with Crippen LogP contribution in [0.2, 0.25) is 0 Å². The monoisotopic (exact) mass is 333 g/mol. The number of furan rings is 1. The molecule has 0 aromatic carbocycles. The third kappa shape index (κ3) is 3.39. The molecule has 3 rings (SSSR count). The van der Waals surface area contributed by atoms with E-state index in [1.54, 1.807) is 19.1 Å². The maximum Gasteiger partial charge on any atom is 0.293 e. The Balaban J connectivity index is 1.63. The molecule has 0 aliphatic heterocycles. The van der Waals surface area contributed by atoms with Gasteiger partial charge in [-0.3, -0.25) is 4.79 Å². The number of thiazole rings is 1. The zero-order valence-corrected chi connectivity index (χ0v) is 13.4. The highest BCUT2D eigenvalue weighted by molar-refractivity contribution is 7.17. The number of rotatable bonds is 6. The summed E-state index contributed by atoms with van der Waals surface area (Å²) in [6, 6.07) is 3.45. The summed E-state index contributed by atoms with van der Waals surface area (Å²) in [6.07, 6.45) is 1.52. The molecule has 0 spiro atoms. The second-order valence-electron chi connectivity index (χ2n) is 4.64. The van der Waals surface area contributed by atoms with Gasteiger partial charge in [-0.15, -0.1) is 0 Å². The summed E-state index contributed by atoms with van der Waals surface area (Å²) < 4.78 is 10.3. The van der Waals surface area contributed by atoms with E-state index in [1.165, 1.54) is 17.6 Å². The number of carbonyl (C=O) groups is 1. The fourth-order valence-corrected chi connectivity index (χ4v) is 2.85. The Morgan fingerprint density at radius 3 is 3.00 bits per heavy atom. The zero-order valence-electron chi connectivity index (χ0n) is 12.6. The van der Waals surface area contributed by atoms with Crippen molar-refractivity contribution in [1.82, 2.24) is 20.4 Å². The van der Waals surface area contributed by atoms with Gasteiger partial charge >= 0.3 is 0 Å². The van der Waals surface area contributed by atoms with Crippen LogP contribution in [0.5, 0.6) is 0 Å². The third-order valence-corrected chi connectivity index (χ3v) is 4.05. The summed E-state index contributed by atoms with van der Waals surface area (Å²) in [4.78, 5) is 21.2. The number of amides is 1. The average molecular weight is 333 g/mol. The minimum absolute atomic E-state index is 0.164. The Morgan fingerprint density at radius 2 is 2.26 bits per heavy atom. The highest BCUT2D eigenvalue weighted by Crippen LogP contribution is 2.22. The van der Waals surface area contributed by atoms with Crippen LogP contribution >= 0.6 is 11.3 Å². The third-order valence-electron chi connectivity index (χ3n) is 2.94. The lowest BCUT2D eigenvalue weighted by atomic mass is 10.3. The summed E-state index contributed by atoms with van der Waals surface area (Å²) in [7, 11) is 0.